The molecule has 0 atom stereocenters. The summed E-state index contributed by atoms with van der Waals surface area (Å²) in [5.74, 6) is -0.209. The van der Waals surface area contributed by atoms with E-state index in [-0.39, 0.29) is 5.82 Å². The van der Waals surface area contributed by atoms with Crippen LogP contribution in [0.1, 0.15) is 5.56 Å². The number of rotatable bonds is 0. The van der Waals surface area contributed by atoms with Gasteiger partial charge in [0, 0.05) is 5.39 Å². The molecule has 0 spiro atoms. The normalized spacial score (nSPS) is 10.7. The second-order valence-electron chi connectivity index (χ2n) is 2.86. The van der Waals surface area contributed by atoms with Crippen LogP contribution in [0.2, 0.25) is 0 Å². The number of halogens is 2. The summed E-state index contributed by atoms with van der Waals surface area (Å²) in [7, 11) is 0. The largest absolute Gasteiger partial charge is 0.239 e. The van der Waals surface area contributed by atoms with Gasteiger partial charge in [0.05, 0.1) is 5.52 Å². The van der Waals surface area contributed by atoms with Gasteiger partial charge in [-0.3, -0.25) is 0 Å². The van der Waals surface area contributed by atoms with Crippen molar-refractivity contribution in [3.05, 3.63) is 39.3 Å². The number of pyridine rings is 1. The maximum Gasteiger partial charge on any atom is 0.158 e. The van der Waals surface area contributed by atoms with Crippen LogP contribution in [-0.4, -0.2) is 4.98 Å². The molecule has 0 aliphatic rings. The topological polar surface area (TPSA) is 12.9 Å². The van der Waals surface area contributed by atoms with Gasteiger partial charge in [0.25, 0.3) is 0 Å². The van der Waals surface area contributed by atoms with Crippen molar-refractivity contribution >= 4 is 33.5 Å². The monoisotopic (exact) mass is 287 g/mol. The predicted molar refractivity (Wildman–Crippen MR) is 59.2 cm³/mol. The lowest BCUT2D eigenvalue weighted by atomic mass is 10.1. The summed E-state index contributed by atoms with van der Waals surface area (Å²) in [6, 6.07) is 7.58. The summed E-state index contributed by atoms with van der Waals surface area (Å²) in [6.45, 7) is 1.78. The molecule has 1 aromatic heterocycles. The third-order valence-electron chi connectivity index (χ3n) is 2.04. The van der Waals surface area contributed by atoms with E-state index in [1.165, 1.54) is 0 Å². The van der Waals surface area contributed by atoms with Crippen LogP contribution in [0.15, 0.2) is 24.3 Å². The minimum absolute atomic E-state index is 0.209. The van der Waals surface area contributed by atoms with E-state index in [0.717, 1.165) is 10.9 Å². The van der Waals surface area contributed by atoms with E-state index in [1.54, 1.807) is 6.92 Å². The SMILES string of the molecule is Cc1c(F)c(I)nc2ccccc12. The van der Waals surface area contributed by atoms with Crippen LogP contribution in [0.25, 0.3) is 10.9 Å². The molecule has 13 heavy (non-hydrogen) atoms. The van der Waals surface area contributed by atoms with E-state index in [0.29, 0.717) is 9.26 Å². The highest BCUT2D eigenvalue weighted by Crippen LogP contribution is 2.21. The van der Waals surface area contributed by atoms with Gasteiger partial charge >= 0.3 is 0 Å². The number of hydrogen-bond donors (Lipinski definition) is 0. The average molecular weight is 287 g/mol. The van der Waals surface area contributed by atoms with E-state index in [1.807, 2.05) is 46.9 Å². The molecule has 0 saturated carbocycles. The molecular formula is C10H7FIN. The van der Waals surface area contributed by atoms with E-state index < -0.39 is 0 Å². The van der Waals surface area contributed by atoms with Crippen LogP contribution in [0.3, 0.4) is 0 Å². The number of hydrogen-bond acceptors (Lipinski definition) is 1. The Hall–Kier alpha value is -0.710. The van der Waals surface area contributed by atoms with Crippen molar-refractivity contribution in [1.29, 1.82) is 0 Å². The molecule has 0 bridgehead atoms. The first-order chi connectivity index (χ1) is 6.20. The Bertz CT molecular complexity index is 468. The molecule has 3 heteroatoms. The smallest absolute Gasteiger partial charge is 0.158 e. The number of benzene rings is 1. The van der Waals surface area contributed by atoms with Gasteiger partial charge in [0.15, 0.2) is 5.82 Å². The van der Waals surface area contributed by atoms with E-state index in [9.17, 15) is 4.39 Å². The first-order valence-electron chi connectivity index (χ1n) is 3.90. The Morgan fingerprint density at radius 1 is 1.31 bits per heavy atom. The Balaban J connectivity index is 2.94. The number of nitrogens with zero attached hydrogens (tertiary/aromatic N) is 1. The third kappa shape index (κ3) is 1.41. The van der Waals surface area contributed by atoms with Gasteiger partial charge in [-0.15, -0.1) is 0 Å². The van der Waals surface area contributed by atoms with Gasteiger partial charge in [-0.25, -0.2) is 9.37 Å². The lowest BCUT2D eigenvalue weighted by Crippen LogP contribution is -1.93. The molecule has 1 heterocycles. The molecule has 66 valence electrons. The summed E-state index contributed by atoms with van der Waals surface area (Å²) in [5, 5.41) is 0.889. The van der Waals surface area contributed by atoms with Crippen LogP contribution < -0.4 is 0 Å². The minimum atomic E-state index is -0.209. The highest BCUT2D eigenvalue weighted by atomic mass is 127. The predicted octanol–water partition coefficient (Wildman–Crippen LogP) is 3.29. The third-order valence-corrected chi connectivity index (χ3v) is 2.75. The minimum Gasteiger partial charge on any atom is -0.239 e. The van der Waals surface area contributed by atoms with Gasteiger partial charge in [0.1, 0.15) is 3.70 Å². The maximum atomic E-state index is 13.4. The molecule has 1 nitrogen and oxygen atoms in total. The molecule has 0 aliphatic carbocycles. The summed E-state index contributed by atoms with van der Waals surface area (Å²) < 4.78 is 13.8. The first-order valence-corrected chi connectivity index (χ1v) is 4.98. The van der Waals surface area contributed by atoms with E-state index in [4.69, 9.17) is 0 Å². The zero-order valence-corrected chi connectivity index (χ0v) is 9.17. The maximum absolute atomic E-state index is 13.4. The zero-order chi connectivity index (χ0) is 9.42. The van der Waals surface area contributed by atoms with Crippen molar-refractivity contribution in [3.8, 4) is 0 Å². The van der Waals surface area contributed by atoms with Gasteiger partial charge in [-0.1, -0.05) is 18.2 Å². The fourth-order valence-electron chi connectivity index (χ4n) is 1.32. The highest BCUT2D eigenvalue weighted by molar-refractivity contribution is 14.1. The lowest BCUT2D eigenvalue weighted by molar-refractivity contribution is 0.606. The second kappa shape index (κ2) is 3.21. The van der Waals surface area contributed by atoms with Crippen molar-refractivity contribution in [2.45, 2.75) is 6.92 Å². The molecule has 2 rings (SSSR count). The number of para-hydroxylation sites is 1. The van der Waals surface area contributed by atoms with Crippen molar-refractivity contribution in [2.24, 2.45) is 0 Å². The van der Waals surface area contributed by atoms with Crippen molar-refractivity contribution in [2.75, 3.05) is 0 Å². The van der Waals surface area contributed by atoms with Gasteiger partial charge in [-0.2, -0.15) is 0 Å². The molecule has 0 saturated heterocycles. The molecule has 0 fully saturated rings. The molecule has 1 aromatic carbocycles. The summed E-state index contributed by atoms with van der Waals surface area (Å²) in [4.78, 5) is 4.15. The van der Waals surface area contributed by atoms with Crippen LogP contribution in [0, 0.1) is 16.4 Å². The van der Waals surface area contributed by atoms with Crippen molar-refractivity contribution < 1.29 is 4.39 Å². The molecule has 0 N–H and O–H groups in total. The van der Waals surface area contributed by atoms with Gasteiger partial charge in [0.2, 0.25) is 0 Å². The summed E-state index contributed by atoms with van der Waals surface area (Å²) in [6.07, 6.45) is 0. The standard InChI is InChI=1S/C10H7FIN/c1-6-7-4-2-3-5-8(7)13-10(12)9(6)11/h2-5H,1H3. The fraction of sp³-hybridized carbons (Fsp3) is 0.100. The molecule has 0 unspecified atom stereocenters. The number of aryl methyl sites for hydroxylation is 1. The zero-order valence-electron chi connectivity index (χ0n) is 7.01. The molecule has 0 amide bonds. The quantitative estimate of drug-likeness (QED) is 0.535. The second-order valence-corrected chi connectivity index (χ2v) is 3.88. The van der Waals surface area contributed by atoms with Crippen LogP contribution in [-0.2, 0) is 0 Å². The average Bonchev–Trinajstić information content (AvgIpc) is 2.15. The van der Waals surface area contributed by atoms with Crippen LogP contribution in [0.4, 0.5) is 4.39 Å². The van der Waals surface area contributed by atoms with E-state index in [2.05, 4.69) is 4.98 Å². The Kier molecular flexibility index (Phi) is 2.19. The highest BCUT2D eigenvalue weighted by Gasteiger charge is 2.08. The van der Waals surface area contributed by atoms with Crippen molar-refractivity contribution in [1.82, 2.24) is 4.98 Å². The summed E-state index contributed by atoms with van der Waals surface area (Å²) in [5.41, 5.74) is 1.53. The molecule has 0 aliphatic heterocycles. The Labute approximate surface area is 89.1 Å². The number of aromatic nitrogens is 1. The number of fused-ring (bicyclic) bond motifs is 1. The fourth-order valence-corrected chi connectivity index (χ4v) is 1.98. The van der Waals surface area contributed by atoms with Gasteiger partial charge in [-0.05, 0) is 41.1 Å². The molecule has 2 aromatic rings. The first kappa shape index (κ1) is 8.87. The Morgan fingerprint density at radius 2 is 2.00 bits per heavy atom. The molecular weight excluding hydrogens is 280 g/mol. The van der Waals surface area contributed by atoms with Gasteiger partial charge < -0.3 is 0 Å². The Morgan fingerprint density at radius 3 is 2.77 bits per heavy atom. The molecule has 0 radical (unpaired) electrons. The van der Waals surface area contributed by atoms with Crippen LogP contribution in [0.5, 0.6) is 0 Å². The van der Waals surface area contributed by atoms with Crippen molar-refractivity contribution in [3.63, 3.8) is 0 Å². The van der Waals surface area contributed by atoms with E-state index >= 15 is 0 Å². The van der Waals surface area contributed by atoms with Crippen LogP contribution >= 0.6 is 22.6 Å². The lowest BCUT2D eigenvalue weighted by Gasteiger charge is -2.03. The summed E-state index contributed by atoms with van der Waals surface area (Å²) >= 11 is 1.91.